The summed E-state index contributed by atoms with van der Waals surface area (Å²) >= 11 is 0. The van der Waals surface area contributed by atoms with E-state index >= 15 is 0 Å². The molecule has 0 fully saturated rings. The molecule has 0 atom stereocenters. The lowest BCUT2D eigenvalue weighted by Crippen LogP contribution is -1.80. The van der Waals surface area contributed by atoms with Gasteiger partial charge in [0.1, 0.15) is 0 Å². The Bertz CT molecular complexity index is 461. The number of phenols is 2. The van der Waals surface area contributed by atoms with Crippen LogP contribution >= 0.6 is 0 Å². The van der Waals surface area contributed by atoms with Crippen LogP contribution in [-0.4, -0.2) is 10.2 Å². The second kappa shape index (κ2) is 2.66. The van der Waals surface area contributed by atoms with Crippen LogP contribution in [0.4, 0.5) is 0 Å². The van der Waals surface area contributed by atoms with Gasteiger partial charge < -0.3 is 10.2 Å². The largest absolute Gasteiger partial charge is 0.504 e. The summed E-state index contributed by atoms with van der Waals surface area (Å²) < 4.78 is 0. The van der Waals surface area contributed by atoms with Crippen LogP contribution in [0.25, 0.3) is 10.8 Å². The van der Waals surface area contributed by atoms with Gasteiger partial charge in [0, 0.05) is 12.5 Å². The van der Waals surface area contributed by atoms with Crippen molar-refractivity contribution in [1.82, 2.24) is 0 Å². The van der Waals surface area contributed by atoms with Crippen LogP contribution in [0.2, 0.25) is 0 Å². The Morgan fingerprint density at radius 2 is 1.77 bits per heavy atom. The third kappa shape index (κ3) is 1.11. The molecule has 0 aliphatic heterocycles. The van der Waals surface area contributed by atoms with Crippen molar-refractivity contribution in [2.24, 2.45) is 0 Å². The van der Waals surface area contributed by atoms with Gasteiger partial charge >= 0.3 is 0 Å². The molecule has 2 aromatic carbocycles. The second-order valence-corrected chi connectivity index (χ2v) is 2.88. The van der Waals surface area contributed by atoms with E-state index < -0.39 is 0 Å². The van der Waals surface area contributed by atoms with Crippen LogP contribution in [-0.2, 0) is 0 Å². The van der Waals surface area contributed by atoms with E-state index in [9.17, 15) is 10.2 Å². The van der Waals surface area contributed by atoms with E-state index in [1.165, 1.54) is 6.07 Å². The fraction of sp³-hybridized carbons (Fsp3) is 0. The standard InChI is InChI=1S/C11H8O2/c1-7-9-5-3-2-4-8(9)6-10(12)11(7)13/h1-6,12-13H. The van der Waals surface area contributed by atoms with Gasteiger partial charge in [0.2, 0.25) is 0 Å². The molecule has 2 radical (unpaired) electrons. The molecule has 0 aromatic heterocycles. The smallest absolute Gasteiger partial charge is 0.161 e. The Kier molecular flexibility index (Phi) is 1.62. The van der Waals surface area contributed by atoms with Gasteiger partial charge in [0.05, 0.1) is 0 Å². The zero-order valence-electron chi connectivity index (χ0n) is 6.86. The van der Waals surface area contributed by atoms with Crippen molar-refractivity contribution in [3.63, 3.8) is 0 Å². The van der Waals surface area contributed by atoms with Gasteiger partial charge in [0.25, 0.3) is 0 Å². The molecular weight excluding hydrogens is 164 g/mol. The Morgan fingerprint density at radius 1 is 1.08 bits per heavy atom. The van der Waals surface area contributed by atoms with Gasteiger partial charge in [0.15, 0.2) is 11.5 Å². The average Bonchev–Trinajstić information content (AvgIpc) is 2.15. The minimum absolute atomic E-state index is 0.184. The van der Waals surface area contributed by atoms with Gasteiger partial charge in [-0.1, -0.05) is 24.3 Å². The molecule has 0 amide bonds. The lowest BCUT2D eigenvalue weighted by Gasteiger charge is -2.05. The maximum atomic E-state index is 9.33. The molecule has 0 bridgehead atoms. The summed E-state index contributed by atoms with van der Waals surface area (Å²) in [4.78, 5) is 0. The van der Waals surface area contributed by atoms with E-state index in [1.807, 2.05) is 18.2 Å². The minimum Gasteiger partial charge on any atom is -0.504 e. The molecule has 2 nitrogen and oxygen atoms in total. The highest BCUT2D eigenvalue weighted by molar-refractivity contribution is 5.90. The van der Waals surface area contributed by atoms with Crippen LogP contribution in [0.15, 0.2) is 30.3 Å². The molecule has 64 valence electrons. The van der Waals surface area contributed by atoms with Gasteiger partial charge in [-0.3, -0.25) is 0 Å². The third-order valence-corrected chi connectivity index (χ3v) is 2.04. The average molecular weight is 172 g/mol. The highest BCUT2D eigenvalue weighted by Gasteiger charge is 2.06. The fourth-order valence-electron chi connectivity index (χ4n) is 1.35. The molecule has 13 heavy (non-hydrogen) atoms. The summed E-state index contributed by atoms with van der Waals surface area (Å²) in [5, 5.41) is 20.2. The molecule has 2 aromatic rings. The van der Waals surface area contributed by atoms with Crippen molar-refractivity contribution in [2.75, 3.05) is 0 Å². The van der Waals surface area contributed by atoms with Crippen LogP contribution in [0, 0.1) is 6.92 Å². The van der Waals surface area contributed by atoms with E-state index in [-0.39, 0.29) is 17.1 Å². The van der Waals surface area contributed by atoms with Crippen LogP contribution < -0.4 is 0 Å². The molecule has 0 aliphatic carbocycles. The van der Waals surface area contributed by atoms with Crippen molar-refractivity contribution in [3.8, 4) is 11.5 Å². The molecule has 2 rings (SSSR count). The zero-order valence-corrected chi connectivity index (χ0v) is 6.86. The van der Waals surface area contributed by atoms with Crippen molar-refractivity contribution in [1.29, 1.82) is 0 Å². The Morgan fingerprint density at radius 3 is 2.54 bits per heavy atom. The fourth-order valence-corrected chi connectivity index (χ4v) is 1.35. The van der Waals surface area contributed by atoms with Crippen LogP contribution in [0.1, 0.15) is 5.56 Å². The molecule has 0 spiro atoms. The van der Waals surface area contributed by atoms with E-state index in [4.69, 9.17) is 6.92 Å². The van der Waals surface area contributed by atoms with E-state index in [1.54, 1.807) is 6.07 Å². The maximum Gasteiger partial charge on any atom is 0.161 e. The van der Waals surface area contributed by atoms with Crippen molar-refractivity contribution >= 4 is 10.8 Å². The summed E-state index contributed by atoms with van der Waals surface area (Å²) in [5.74, 6) is -0.435. The van der Waals surface area contributed by atoms with Crippen molar-refractivity contribution in [3.05, 3.63) is 42.8 Å². The number of rotatable bonds is 0. The highest BCUT2D eigenvalue weighted by Crippen LogP contribution is 2.34. The van der Waals surface area contributed by atoms with E-state index in [0.29, 0.717) is 0 Å². The zero-order chi connectivity index (χ0) is 9.42. The van der Waals surface area contributed by atoms with Crippen molar-refractivity contribution < 1.29 is 10.2 Å². The number of hydrogen-bond acceptors (Lipinski definition) is 2. The predicted octanol–water partition coefficient (Wildman–Crippen LogP) is 2.31. The molecule has 0 saturated carbocycles. The third-order valence-electron chi connectivity index (χ3n) is 2.04. The summed E-state index contributed by atoms with van der Waals surface area (Å²) in [5.41, 5.74) is 0.218. The first-order valence-electron chi connectivity index (χ1n) is 3.89. The summed E-state index contributed by atoms with van der Waals surface area (Å²) in [7, 11) is 0. The lowest BCUT2D eigenvalue weighted by molar-refractivity contribution is 0.403. The monoisotopic (exact) mass is 172 g/mol. The number of fused-ring (bicyclic) bond motifs is 1. The van der Waals surface area contributed by atoms with E-state index in [2.05, 4.69) is 0 Å². The molecule has 0 unspecified atom stereocenters. The van der Waals surface area contributed by atoms with Gasteiger partial charge in [-0.2, -0.15) is 0 Å². The number of phenolic OH excluding ortho intramolecular Hbond substituents is 2. The SMILES string of the molecule is [CH]c1c(O)c(O)cc2ccccc12. The molecule has 0 heterocycles. The molecular formula is C11H8O2. The highest BCUT2D eigenvalue weighted by atomic mass is 16.3. The Balaban J connectivity index is 2.94. The van der Waals surface area contributed by atoms with Gasteiger partial charge in [-0.05, 0) is 16.8 Å². The quantitative estimate of drug-likeness (QED) is 0.598. The topological polar surface area (TPSA) is 40.5 Å². The molecule has 0 aliphatic rings. The second-order valence-electron chi connectivity index (χ2n) is 2.88. The van der Waals surface area contributed by atoms with E-state index in [0.717, 1.165) is 10.8 Å². The number of hydrogen-bond donors (Lipinski definition) is 2. The maximum absolute atomic E-state index is 9.33. The number of aromatic hydroxyl groups is 2. The first kappa shape index (κ1) is 7.92. The van der Waals surface area contributed by atoms with Crippen molar-refractivity contribution in [2.45, 2.75) is 0 Å². The Hall–Kier alpha value is -1.70. The first-order chi connectivity index (χ1) is 6.20. The minimum atomic E-state index is -0.251. The predicted molar refractivity (Wildman–Crippen MR) is 50.7 cm³/mol. The normalized spacial score (nSPS) is 10.5. The summed E-state index contributed by atoms with van der Waals surface area (Å²) in [6.45, 7) is 5.61. The summed E-state index contributed by atoms with van der Waals surface area (Å²) in [6, 6.07) is 8.78. The summed E-state index contributed by atoms with van der Waals surface area (Å²) in [6.07, 6.45) is 0. The van der Waals surface area contributed by atoms with Gasteiger partial charge in [-0.25, -0.2) is 0 Å². The molecule has 0 saturated heterocycles. The Labute approximate surface area is 76.1 Å². The van der Waals surface area contributed by atoms with Crippen LogP contribution in [0.3, 0.4) is 0 Å². The molecule has 2 heteroatoms. The van der Waals surface area contributed by atoms with Gasteiger partial charge in [-0.15, -0.1) is 0 Å². The first-order valence-corrected chi connectivity index (χ1v) is 3.89. The van der Waals surface area contributed by atoms with Crippen LogP contribution in [0.5, 0.6) is 11.5 Å². The lowest BCUT2D eigenvalue weighted by atomic mass is 10.0. The molecule has 2 N–H and O–H groups in total. The number of benzene rings is 2.